The second kappa shape index (κ2) is 7.93. The zero-order valence-electron chi connectivity index (χ0n) is 20.4. The zero-order chi connectivity index (χ0) is 23.6. The van der Waals surface area contributed by atoms with Crippen molar-refractivity contribution in [2.45, 2.75) is 50.9 Å². The highest BCUT2D eigenvalue weighted by atomic mass is 16.3. The molecule has 0 heterocycles. The molecule has 0 aliphatic heterocycles. The van der Waals surface area contributed by atoms with Gasteiger partial charge in [-0.25, -0.2) is 0 Å². The van der Waals surface area contributed by atoms with Gasteiger partial charge in [0.25, 0.3) is 0 Å². The molecule has 0 spiro atoms. The highest BCUT2D eigenvalue weighted by Crippen LogP contribution is 2.62. The van der Waals surface area contributed by atoms with Crippen LogP contribution in [0.2, 0.25) is 0 Å². The summed E-state index contributed by atoms with van der Waals surface area (Å²) in [4.78, 5) is 0. The van der Waals surface area contributed by atoms with Gasteiger partial charge in [0.2, 0.25) is 0 Å². The molecule has 4 aromatic rings. The van der Waals surface area contributed by atoms with Crippen molar-refractivity contribution < 1.29 is 5.11 Å². The fourth-order valence-corrected chi connectivity index (χ4v) is 7.58. The number of allylic oxidation sites excluding steroid dienone is 1. The number of rotatable bonds is 4. The average Bonchev–Trinajstić information content (AvgIpc) is 3.61. The maximum absolute atomic E-state index is 10.7. The summed E-state index contributed by atoms with van der Waals surface area (Å²) in [7, 11) is 0. The van der Waals surface area contributed by atoms with Gasteiger partial charge in [-0.05, 0) is 92.9 Å². The first-order valence-electron chi connectivity index (χ1n) is 13.3. The molecule has 2 unspecified atom stereocenters. The highest BCUT2D eigenvalue weighted by molar-refractivity contribution is 5.90. The topological polar surface area (TPSA) is 20.2 Å². The highest BCUT2D eigenvalue weighted by Gasteiger charge is 2.48. The molecular formula is C34H32O. The molecule has 35 heavy (non-hydrogen) atoms. The van der Waals surface area contributed by atoms with E-state index in [9.17, 15) is 5.11 Å². The maximum Gasteiger partial charge on any atom is 0.0537 e. The third kappa shape index (κ3) is 3.04. The molecule has 174 valence electrons. The lowest BCUT2D eigenvalue weighted by Gasteiger charge is -2.39. The van der Waals surface area contributed by atoms with E-state index in [1.54, 1.807) is 5.57 Å². The van der Waals surface area contributed by atoms with Crippen LogP contribution in [-0.2, 0) is 0 Å². The fourth-order valence-electron chi connectivity index (χ4n) is 7.58. The van der Waals surface area contributed by atoms with Gasteiger partial charge in [0.15, 0.2) is 0 Å². The first-order chi connectivity index (χ1) is 17.2. The molecule has 0 aromatic heterocycles. The van der Waals surface area contributed by atoms with E-state index >= 15 is 0 Å². The molecule has 0 bridgehead atoms. The van der Waals surface area contributed by atoms with Gasteiger partial charge < -0.3 is 5.11 Å². The molecule has 0 radical (unpaired) electrons. The van der Waals surface area contributed by atoms with Crippen molar-refractivity contribution in [3.05, 3.63) is 106 Å². The largest absolute Gasteiger partial charge is 0.395 e. The molecule has 2 atom stereocenters. The number of aliphatic hydroxyl groups is 1. The van der Waals surface area contributed by atoms with Gasteiger partial charge in [-0.1, -0.05) is 86.0 Å². The molecular weight excluding hydrogens is 424 g/mol. The van der Waals surface area contributed by atoms with Gasteiger partial charge in [-0.2, -0.15) is 0 Å². The summed E-state index contributed by atoms with van der Waals surface area (Å²) in [6.07, 6.45) is 11.0. The molecule has 1 N–H and O–H groups in total. The van der Waals surface area contributed by atoms with Crippen LogP contribution in [0.5, 0.6) is 0 Å². The lowest BCUT2D eigenvalue weighted by atomic mass is 9.65. The van der Waals surface area contributed by atoms with Crippen molar-refractivity contribution >= 4 is 33.7 Å². The lowest BCUT2D eigenvalue weighted by molar-refractivity contribution is 0.262. The zero-order valence-corrected chi connectivity index (χ0v) is 20.4. The fraction of sp³-hybridized carbons (Fsp3) is 0.294. The Morgan fingerprint density at radius 2 is 1.14 bits per heavy atom. The molecule has 1 fully saturated rings. The van der Waals surface area contributed by atoms with Gasteiger partial charge in [0.1, 0.15) is 0 Å². The Morgan fingerprint density at radius 3 is 1.63 bits per heavy atom. The van der Waals surface area contributed by atoms with Crippen molar-refractivity contribution in [3.8, 4) is 0 Å². The molecule has 1 saturated carbocycles. The Balaban J connectivity index is 1.39. The molecule has 1 heteroatoms. The molecule has 1 nitrogen and oxygen atoms in total. The number of hydrogen-bond acceptors (Lipinski definition) is 1. The Bertz CT molecular complexity index is 1420. The minimum Gasteiger partial charge on any atom is -0.395 e. The molecule has 3 aliphatic rings. The van der Waals surface area contributed by atoms with Crippen molar-refractivity contribution in [2.24, 2.45) is 5.41 Å². The van der Waals surface area contributed by atoms with Crippen LogP contribution in [0.3, 0.4) is 0 Å². The van der Waals surface area contributed by atoms with E-state index < -0.39 is 0 Å². The molecule has 7 rings (SSSR count). The summed E-state index contributed by atoms with van der Waals surface area (Å²) in [5, 5.41) is 16.0. The predicted octanol–water partition coefficient (Wildman–Crippen LogP) is 8.62. The van der Waals surface area contributed by atoms with E-state index in [0.717, 1.165) is 6.42 Å². The Hall–Kier alpha value is -3.16. The van der Waals surface area contributed by atoms with Crippen molar-refractivity contribution in [1.82, 2.24) is 0 Å². The second-order valence-electron chi connectivity index (χ2n) is 10.8. The van der Waals surface area contributed by atoms with Crippen LogP contribution in [0.4, 0.5) is 0 Å². The van der Waals surface area contributed by atoms with Crippen LogP contribution < -0.4 is 0 Å². The summed E-state index contributed by atoms with van der Waals surface area (Å²) in [6, 6.07) is 26.9. The van der Waals surface area contributed by atoms with Crippen LogP contribution in [0.15, 0.2) is 83.9 Å². The van der Waals surface area contributed by atoms with Crippen LogP contribution in [0.25, 0.3) is 33.7 Å². The first kappa shape index (κ1) is 21.1. The van der Waals surface area contributed by atoms with Crippen LogP contribution in [-0.4, -0.2) is 11.7 Å². The first-order valence-corrected chi connectivity index (χ1v) is 13.3. The Morgan fingerprint density at radius 1 is 0.686 bits per heavy atom. The lowest BCUT2D eigenvalue weighted by Crippen LogP contribution is -2.28. The Labute approximate surface area is 207 Å². The summed E-state index contributed by atoms with van der Waals surface area (Å²) in [5.74, 6) is 0.546. The van der Waals surface area contributed by atoms with Gasteiger partial charge in [0.05, 0.1) is 6.61 Å². The molecule has 3 aliphatic carbocycles. The maximum atomic E-state index is 10.7. The summed E-state index contributed by atoms with van der Waals surface area (Å²) >= 11 is 0. The van der Waals surface area contributed by atoms with Crippen molar-refractivity contribution in [2.75, 3.05) is 6.61 Å². The van der Waals surface area contributed by atoms with Crippen LogP contribution in [0, 0.1) is 5.41 Å². The van der Waals surface area contributed by atoms with E-state index in [-0.39, 0.29) is 17.9 Å². The third-order valence-electron chi connectivity index (χ3n) is 9.18. The van der Waals surface area contributed by atoms with Crippen LogP contribution in [0.1, 0.15) is 73.1 Å². The van der Waals surface area contributed by atoms with E-state index in [1.807, 2.05) is 0 Å². The Kier molecular flexibility index (Phi) is 4.79. The second-order valence-corrected chi connectivity index (χ2v) is 10.8. The van der Waals surface area contributed by atoms with E-state index in [4.69, 9.17) is 0 Å². The van der Waals surface area contributed by atoms with Gasteiger partial charge >= 0.3 is 0 Å². The SMILES string of the molecule is CCC1C(C2(C3=Cc4cc5ccccc5cc4C3CO)CCCC2)=Cc2cc3ccccc3cc21. The van der Waals surface area contributed by atoms with E-state index in [2.05, 4.69) is 91.9 Å². The average molecular weight is 457 g/mol. The van der Waals surface area contributed by atoms with Gasteiger partial charge in [-0.3, -0.25) is 0 Å². The summed E-state index contributed by atoms with van der Waals surface area (Å²) in [5.41, 5.74) is 8.62. The predicted molar refractivity (Wildman–Crippen MR) is 148 cm³/mol. The van der Waals surface area contributed by atoms with Crippen molar-refractivity contribution in [1.29, 1.82) is 0 Å². The van der Waals surface area contributed by atoms with Crippen molar-refractivity contribution in [3.63, 3.8) is 0 Å². The molecule has 0 amide bonds. The number of hydrogen-bond donors (Lipinski definition) is 1. The standard InChI is InChI=1S/C34H32O/c1-2-28-29-17-24-11-5-3-9-22(24)15-26(29)19-32(28)34(13-7-8-14-34)33-20-27-16-23-10-4-6-12-25(23)18-30(27)31(33)21-35/h3-6,9-12,15-20,28,31,35H,2,7-8,13-14,21H2,1H3. The minimum atomic E-state index is 0.0461. The molecule has 0 saturated heterocycles. The van der Waals surface area contributed by atoms with Gasteiger partial charge in [-0.15, -0.1) is 0 Å². The quantitative estimate of drug-likeness (QED) is 0.326. The summed E-state index contributed by atoms with van der Waals surface area (Å²) < 4.78 is 0. The smallest absolute Gasteiger partial charge is 0.0537 e. The summed E-state index contributed by atoms with van der Waals surface area (Å²) in [6.45, 7) is 2.53. The monoisotopic (exact) mass is 456 g/mol. The third-order valence-corrected chi connectivity index (χ3v) is 9.18. The van der Waals surface area contributed by atoms with E-state index in [1.165, 1.54) is 75.1 Å². The van der Waals surface area contributed by atoms with Crippen LogP contribution >= 0.6 is 0 Å². The number of fused-ring (bicyclic) bond motifs is 4. The van der Waals surface area contributed by atoms with Gasteiger partial charge in [0, 0.05) is 17.3 Å². The molecule has 4 aromatic carbocycles. The minimum absolute atomic E-state index is 0.0461. The van der Waals surface area contributed by atoms with E-state index in [0.29, 0.717) is 5.92 Å². The normalized spacial score (nSPS) is 22.3. The number of aliphatic hydroxyl groups excluding tert-OH is 1. The number of benzene rings is 4.